The lowest BCUT2D eigenvalue weighted by Gasteiger charge is -2.12. The Morgan fingerprint density at radius 2 is 1.75 bits per heavy atom. The highest BCUT2D eigenvalue weighted by Gasteiger charge is 2.11. The minimum absolute atomic E-state index is 0.294. The molecular formula is C16H15N3O. The maximum Gasteiger partial charge on any atom is 0.233 e. The molecule has 2 aromatic carbocycles. The van der Waals surface area contributed by atoms with Crippen LogP contribution >= 0.6 is 0 Å². The highest BCUT2D eigenvalue weighted by Crippen LogP contribution is 2.23. The van der Waals surface area contributed by atoms with Gasteiger partial charge < -0.3 is 10.5 Å². The van der Waals surface area contributed by atoms with Crippen LogP contribution in [0.4, 0.5) is 0 Å². The summed E-state index contributed by atoms with van der Waals surface area (Å²) in [5.41, 5.74) is 8.00. The van der Waals surface area contributed by atoms with Crippen molar-refractivity contribution in [2.75, 3.05) is 7.11 Å². The number of ether oxygens (including phenoxy) is 1. The van der Waals surface area contributed by atoms with E-state index in [1.165, 1.54) is 10.8 Å². The molecule has 1 heterocycles. The highest BCUT2D eigenvalue weighted by atomic mass is 16.5. The van der Waals surface area contributed by atoms with E-state index in [1.54, 1.807) is 13.2 Å². The molecule has 3 aromatic rings. The van der Waals surface area contributed by atoms with Gasteiger partial charge in [0.2, 0.25) is 5.88 Å². The lowest BCUT2D eigenvalue weighted by Crippen LogP contribution is -2.14. The van der Waals surface area contributed by atoms with Crippen LogP contribution in [0.1, 0.15) is 17.3 Å². The maximum atomic E-state index is 6.26. The number of hydrogen-bond acceptors (Lipinski definition) is 4. The lowest BCUT2D eigenvalue weighted by molar-refractivity contribution is 0.390. The maximum absolute atomic E-state index is 6.26. The van der Waals surface area contributed by atoms with Crippen molar-refractivity contribution in [3.8, 4) is 5.88 Å². The number of fused-ring (bicyclic) bond motifs is 1. The molecule has 0 bridgehead atoms. The Hall–Kier alpha value is -2.46. The lowest BCUT2D eigenvalue weighted by atomic mass is 10.0. The SMILES string of the molecule is COc1ccc(C(N)c2ccc3ccccc3c2)nn1. The summed E-state index contributed by atoms with van der Waals surface area (Å²) in [6, 6.07) is 17.7. The Labute approximate surface area is 117 Å². The number of nitrogens with two attached hydrogens (primary N) is 1. The van der Waals surface area contributed by atoms with Gasteiger partial charge in [0, 0.05) is 6.07 Å². The van der Waals surface area contributed by atoms with Gasteiger partial charge in [-0.1, -0.05) is 36.4 Å². The zero-order valence-electron chi connectivity index (χ0n) is 11.2. The predicted molar refractivity (Wildman–Crippen MR) is 78.6 cm³/mol. The molecule has 100 valence electrons. The van der Waals surface area contributed by atoms with E-state index in [9.17, 15) is 0 Å². The van der Waals surface area contributed by atoms with Crippen LogP contribution in [0, 0.1) is 0 Å². The van der Waals surface area contributed by atoms with Gasteiger partial charge in [-0.05, 0) is 28.5 Å². The first-order valence-electron chi connectivity index (χ1n) is 6.40. The molecule has 1 aromatic heterocycles. The van der Waals surface area contributed by atoms with E-state index in [4.69, 9.17) is 10.5 Å². The Morgan fingerprint density at radius 3 is 2.45 bits per heavy atom. The molecule has 0 radical (unpaired) electrons. The van der Waals surface area contributed by atoms with Crippen LogP contribution in [-0.2, 0) is 0 Å². The summed E-state index contributed by atoms with van der Waals surface area (Å²) in [7, 11) is 1.56. The van der Waals surface area contributed by atoms with E-state index in [1.807, 2.05) is 24.3 Å². The van der Waals surface area contributed by atoms with E-state index in [2.05, 4.69) is 34.5 Å². The van der Waals surface area contributed by atoms with Crippen molar-refractivity contribution in [1.29, 1.82) is 0 Å². The topological polar surface area (TPSA) is 61.0 Å². The van der Waals surface area contributed by atoms with Crippen molar-refractivity contribution in [3.63, 3.8) is 0 Å². The molecule has 1 atom stereocenters. The Morgan fingerprint density at radius 1 is 0.950 bits per heavy atom. The summed E-state index contributed by atoms with van der Waals surface area (Å²) in [6.07, 6.45) is 0. The molecule has 20 heavy (non-hydrogen) atoms. The van der Waals surface area contributed by atoms with Gasteiger partial charge in [-0.25, -0.2) is 0 Å². The Bertz CT molecular complexity index is 725. The summed E-state index contributed by atoms with van der Waals surface area (Å²) in [6.45, 7) is 0. The van der Waals surface area contributed by atoms with Gasteiger partial charge in [-0.3, -0.25) is 0 Å². The fourth-order valence-corrected chi connectivity index (χ4v) is 2.18. The molecule has 0 fully saturated rings. The van der Waals surface area contributed by atoms with Crippen molar-refractivity contribution in [2.24, 2.45) is 5.73 Å². The monoisotopic (exact) mass is 265 g/mol. The van der Waals surface area contributed by atoms with E-state index < -0.39 is 0 Å². The van der Waals surface area contributed by atoms with Gasteiger partial charge in [-0.2, -0.15) is 0 Å². The molecular weight excluding hydrogens is 250 g/mol. The molecule has 0 aliphatic rings. The third kappa shape index (κ3) is 2.33. The van der Waals surface area contributed by atoms with E-state index in [0.717, 1.165) is 11.3 Å². The zero-order chi connectivity index (χ0) is 13.9. The van der Waals surface area contributed by atoms with Crippen LogP contribution in [0.25, 0.3) is 10.8 Å². The van der Waals surface area contributed by atoms with Gasteiger partial charge in [0.15, 0.2) is 0 Å². The largest absolute Gasteiger partial charge is 0.480 e. The molecule has 0 saturated heterocycles. The second-order valence-electron chi connectivity index (χ2n) is 4.58. The average molecular weight is 265 g/mol. The summed E-state index contributed by atoms with van der Waals surface area (Å²) in [5.74, 6) is 0.486. The second-order valence-corrected chi connectivity index (χ2v) is 4.58. The third-order valence-electron chi connectivity index (χ3n) is 3.32. The van der Waals surface area contributed by atoms with Crippen LogP contribution in [0.15, 0.2) is 54.6 Å². The fourth-order valence-electron chi connectivity index (χ4n) is 2.18. The van der Waals surface area contributed by atoms with Crippen LogP contribution in [-0.4, -0.2) is 17.3 Å². The smallest absolute Gasteiger partial charge is 0.233 e. The zero-order valence-corrected chi connectivity index (χ0v) is 11.2. The molecule has 0 saturated carbocycles. The molecule has 0 aliphatic carbocycles. The van der Waals surface area contributed by atoms with Crippen LogP contribution in [0.5, 0.6) is 5.88 Å². The van der Waals surface area contributed by atoms with Gasteiger partial charge in [0.1, 0.15) is 0 Å². The predicted octanol–water partition coefficient (Wildman–Crippen LogP) is 2.69. The molecule has 0 aliphatic heterocycles. The summed E-state index contributed by atoms with van der Waals surface area (Å²) < 4.78 is 5.00. The molecule has 4 heteroatoms. The first-order valence-corrected chi connectivity index (χ1v) is 6.40. The van der Waals surface area contributed by atoms with Crippen LogP contribution < -0.4 is 10.5 Å². The van der Waals surface area contributed by atoms with Crippen LogP contribution in [0.3, 0.4) is 0 Å². The number of hydrogen-bond donors (Lipinski definition) is 1. The van der Waals surface area contributed by atoms with Gasteiger partial charge in [0.25, 0.3) is 0 Å². The van der Waals surface area contributed by atoms with Crippen molar-refractivity contribution in [3.05, 3.63) is 65.9 Å². The number of nitrogens with zero attached hydrogens (tertiary/aromatic N) is 2. The van der Waals surface area contributed by atoms with E-state index in [-0.39, 0.29) is 6.04 Å². The molecule has 2 N–H and O–H groups in total. The van der Waals surface area contributed by atoms with E-state index in [0.29, 0.717) is 5.88 Å². The third-order valence-corrected chi connectivity index (χ3v) is 3.32. The summed E-state index contributed by atoms with van der Waals surface area (Å²) in [5, 5.41) is 10.4. The minimum Gasteiger partial charge on any atom is -0.480 e. The number of aromatic nitrogens is 2. The van der Waals surface area contributed by atoms with Crippen molar-refractivity contribution < 1.29 is 4.74 Å². The van der Waals surface area contributed by atoms with Gasteiger partial charge in [0.05, 0.1) is 18.8 Å². The molecule has 1 unspecified atom stereocenters. The Balaban J connectivity index is 1.96. The summed E-state index contributed by atoms with van der Waals surface area (Å²) >= 11 is 0. The number of rotatable bonds is 3. The van der Waals surface area contributed by atoms with Crippen molar-refractivity contribution >= 4 is 10.8 Å². The first-order chi connectivity index (χ1) is 9.78. The average Bonchev–Trinajstić information content (AvgIpc) is 2.54. The first kappa shape index (κ1) is 12.6. The highest BCUT2D eigenvalue weighted by molar-refractivity contribution is 5.83. The molecule has 3 rings (SSSR count). The normalized spacial score (nSPS) is 12.3. The number of benzene rings is 2. The fraction of sp³-hybridized carbons (Fsp3) is 0.125. The Kier molecular flexibility index (Phi) is 3.31. The summed E-state index contributed by atoms with van der Waals surface area (Å²) in [4.78, 5) is 0. The molecule has 4 nitrogen and oxygen atoms in total. The van der Waals surface area contributed by atoms with Crippen molar-refractivity contribution in [1.82, 2.24) is 10.2 Å². The van der Waals surface area contributed by atoms with Gasteiger partial charge >= 0.3 is 0 Å². The molecule has 0 spiro atoms. The molecule has 0 amide bonds. The standard InChI is InChI=1S/C16H15N3O/c1-20-15-9-8-14(18-19-15)16(17)13-7-6-11-4-2-3-5-12(11)10-13/h2-10,16H,17H2,1H3. The minimum atomic E-state index is -0.294. The second kappa shape index (κ2) is 5.27. The quantitative estimate of drug-likeness (QED) is 0.791. The van der Waals surface area contributed by atoms with E-state index >= 15 is 0 Å². The van der Waals surface area contributed by atoms with Crippen molar-refractivity contribution in [2.45, 2.75) is 6.04 Å². The van der Waals surface area contributed by atoms with Crippen LogP contribution in [0.2, 0.25) is 0 Å². The van der Waals surface area contributed by atoms with Gasteiger partial charge in [-0.15, -0.1) is 10.2 Å². The number of methoxy groups -OCH3 is 1.